The zero-order chi connectivity index (χ0) is 20.9. The fourth-order valence-electron chi connectivity index (χ4n) is 3.07. The highest BCUT2D eigenvalue weighted by Crippen LogP contribution is 2.23. The van der Waals surface area contributed by atoms with Gasteiger partial charge < -0.3 is 16.0 Å². The third-order valence-corrected chi connectivity index (χ3v) is 4.62. The number of carbonyl (C=O) groups excluding carboxylic acids is 2. The summed E-state index contributed by atoms with van der Waals surface area (Å²) in [4.78, 5) is 35.3. The zero-order valence-corrected chi connectivity index (χ0v) is 16.8. The number of nitrogens with one attached hydrogen (secondary N) is 5. The van der Waals surface area contributed by atoms with Crippen LogP contribution in [0.2, 0.25) is 0 Å². The lowest BCUT2D eigenvalue weighted by molar-refractivity contribution is -0.525. The molecule has 1 rings (SSSR count). The molecule has 0 spiro atoms. The van der Waals surface area contributed by atoms with Crippen molar-refractivity contribution in [2.75, 3.05) is 6.54 Å². The van der Waals surface area contributed by atoms with E-state index in [-0.39, 0.29) is 24.3 Å². The van der Waals surface area contributed by atoms with Crippen molar-refractivity contribution in [3.8, 4) is 0 Å². The van der Waals surface area contributed by atoms with Crippen LogP contribution in [0.3, 0.4) is 0 Å². The summed E-state index contributed by atoms with van der Waals surface area (Å²) in [6, 6.07) is -0.669. The summed E-state index contributed by atoms with van der Waals surface area (Å²) in [5, 5.41) is 25.0. The lowest BCUT2D eigenvalue weighted by Gasteiger charge is -2.24. The van der Waals surface area contributed by atoms with Crippen LogP contribution >= 0.6 is 0 Å². The Hall–Kier alpha value is -2.39. The molecule has 10 heteroatoms. The van der Waals surface area contributed by atoms with Crippen molar-refractivity contribution in [2.45, 2.75) is 71.3 Å². The van der Waals surface area contributed by atoms with Gasteiger partial charge in [-0.1, -0.05) is 38.5 Å². The Balaban J connectivity index is 2.51. The number of nitrogens with zero attached hydrogens (tertiary/aromatic N) is 1. The maximum Gasteiger partial charge on any atom is 0.251 e. The van der Waals surface area contributed by atoms with E-state index in [4.69, 9.17) is 5.41 Å². The smallest absolute Gasteiger partial charge is 0.251 e. The second kappa shape index (κ2) is 12.9. The van der Waals surface area contributed by atoms with Crippen LogP contribution in [0.25, 0.3) is 0 Å². The molecule has 0 aromatic rings. The lowest BCUT2D eigenvalue weighted by atomic mass is 9.88. The van der Waals surface area contributed by atoms with E-state index in [0.717, 1.165) is 38.5 Å². The maximum absolute atomic E-state index is 12.5. The fraction of sp³-hybridized carbons (Fsp3) is 0.778. The van der Waals surface area contributed by atoms with E-state index >= 15 is 0 Å². The van der Waals surface area contributed by atoms with Crippen LogP contribution in [-0.4, -0.2) is 35.4 Å². The number of guanidine groups is 1. The molecule has 1 aliphatic rings. The summed E-state index contributed by atoms with van der Waals surface area (Å²) in [6.45, 7) is 6.08. The zero-order valence-electron chi connectivity index (χ0n) is 16.8. The molecule has 1 aliphatic carbocycles. The van der Waals surface area contributed by atoms with Crippen molar-refractivity contribution in [1.29, 1.82) is 5.41 Å². The first-order chi connectivity index (χ1) is 13.3. The van der Waals surface area contributed by atoms with E-state index in [9.17, 15) is 19.7 Å². The van der Waals surface area contributed by atoms with Crippen molar-refractivity contribution in [1.82, 2.24) is 21.4 Å². The predicted octanol–water partition coefficient (Wildman–Crippen LogP) is 1.46. The van der Waals surface area contributed by atoms with E-state index in [1.54, 1.807) is 12.0 Å². The van der Waals surface area contributed by atoms with Gasteiger partial charge in [0, 0.05) is 19.0 Å². The van der Waals surface area contributed by atoms with Crippen LogP contribution < -0.4 is 21.4 Å². The molecule has 1 atom stereocenters. The Labute approximate surface area is 166 Å². The largest absolute Gasteiger partial charge is 0.352 e. The molecule has 0 aliphatic heterocycles. The first-order valence-electron chi connectivity index (χ1n) is 9.95. The van der Waals surface area contributed by atoms with Gasteiger partial charge in [0.2, 0.25) is 11.8 Å². The number of hydrogen-bond donors (Lipinski definition) is 5. The van der Waals surface area contributed by atoms with E-state index in [2.05, 4.69) is 16.0 Å². The van der Waals surface area contributed by atoms with Crippen molar-refractivity contribution in [2.24, 2.45) is 11.8 Å². The number of nitro groups is 1. The lowest BCUT2D eigenvalue weighted by Crippen LogP contribution is -2.48. The normalized spacial score (nSPS) is 15.5. The van der Waals surface area contributed by atoms with E-state index in [1.807, 2.05) is 13.8 Å². The van der Waals surface area contributed by atoms with Gasteiger partial charge in [-0.25, -0.2) is 10.1 Å². The molecule has 0 aromatic carbocycles. The molecule has 10 nitrogen and oxygen atoms in total. The Morgan fingerprint density at radius 3 is 2.54 bits per heavy atom. The van der Waals surface area contributed by atoms with Crippen LogP contribution in [-0.2, 0) is 9.59 Å². The second-order valence-electron chi connectivity index (χ2n) is 7.55. The number of hydrogen-bond acceptors (Lipinski definition) is 5. The topological polar surface area (TPSA) is 149 Å². The summed E-state index contributed by atoms with van der Waals surface area (Å²) >= 11 is 0. The van der Waals surface area contributed by atoms with E-state index in [1.165, 1.54) is 0 Å². The quantitative estimate of drug-likeness (QED) is 0.117. The maximum atomic E-state index is 12.5. The summed E-state index contributed by atoms with van der Waals surface area (Å²) in [5.41, 5.74) is 1.71. The molecule has 0 bridgehead atoms. The first kappa shape index (κ1) is 23.6. The number of carbonyl (C=O) groups is 2. The molecule has 1 fully saturated rings. The number of rotatable bonds is 11. The van der Waals surface area contributed by atoms with Crippen molar-refractivity contribution < 1.29 is 14.6 Å². The standard InChI is InChI=1S/C18H33N6O4/c1-13(2)10-12-20-17(26)15(9-6-11-21-18(19)23-24(27)28)22-16(25)14-7-4-3-5-8-14/h12-15H,3-11H2,1-2H3,(H,20,26)(H,22,25)(H3,19,21,23)/t15-/m0/s1. The minimum absolute atomic E-state index is 0.0423. The van der Waals surface area contributed by atoms with Crippen LogP contribution in [0.4, 0.5) is 0 Å². The van der Waals surface area contributed by atoms with Gasteiger partial charge in [0.25, 0.3) is 5.96 Å². The molecular formula is C18H33N6O4. The molecule has 1 radical (unpaired) electrons. The molecule has 0 heterocycles. The average Bonchev–Trinajstić information content (AvgIpc) is 2.63. The highest BCUT2D eigenvalue weighted by Gasteiger charge is 2.26. The third kappa shape index (κ3) is 10.1. The van der Waals surface area contributed by atoms with E-state index in [0.29, 0.717) is 18.8 Å². The molecule has 1 saturated carbocycles. The molecule has 2 amide bonds. The SMILES string of the molecule is CC(C)C[CH]NC(=O)[C@H](CCCNC(=N)N[N+](=O)[O-])NC(=O)C1CCCCC1. The fourth-order valence-corrected chi connectivity index (χ4v) is 3.07. The summed E-state index contributed by atoms with van der Waals surface area (Å²) < 4.78 is 0. The summed E-state index contributed by atoms with van der Waals surface area (Å²) in [6.07, 6.45) is 6.50. The van der Waals surface area contributed by atoms with Gasteiger partial charge in [-0.05, 0) is 38.0 Å². The van der Waals surface area contributed by atoms with Crippen LogP contribution in [0.1, 0.15) is 65.2 Å². The molecule has 5 N–H and O–H groups in total. The summed E-state index contributed by atoms with van der Waals surface area (Å²) in [7, 11) is 0. The Morgan fingerprint density at radius 2 is 1.93 bits per heavy atom. The van der Waals surface area contributed by atoms with Gasteiger partial charge in [0.15, 0.2) is 5.03 Å². The molecule has 0 aromatic heterocycles. The van der Waals surface area contributed by atoms with Crippen molar-refractivity contribution >= 4 is 17.8 Å². The van der Waals surface area contributed by atoms with Gasteiger partial charge >= 0.3 is 0 Å². The van der Waals surface area contributed by atoms with E-state index < -0.39 is 17.0 Å². The van der Waals surface area contributed by atoms with Crippen LogP contribution in [0.15, 0.2) is 0 Å². The Bertz CT molecular complexity index is 534. The summed E-state index contributed by atoms with van der Waals surface area (Å²) in [5.74, 6) is -0.385. The first-order valence-corrected chi connectivity index (χ1v) is 9.95. The molecule has 0 unspecified atom stereocenters. The molecule has 0 saturated heterocycles. The highest BCUT2D eigenvalue weighted by molar-refractivity contribution is 5.88. The molecule has 159 valence electrons. The Morgan fingerprint density at radius 1 is 1.25 bits per heavy atom. The monoisotopic (exact) mass is 397 g/mol. The van der Waals surface area contributed by atoms with Crippen LogP contribution in [0, 0.1) is 33.9 Å². The van der Waals surface area contributed by atoms with Gasteiger partial charge in [-0.15, -0.1) is 0 Å². The third-order valence-electron chi connectivity index (χ3n) is 4.62. The van der Waals surface area contributed by atoms with Gasteiger partial charge in [0.05, 0.1) is 0 Å². The average molecular weight is 398 g/mol. The van der Waals surface area contributed by atoms with Crippen molar-refractivity contribution in [3.05, 3.63) is 16.7 Å². The minimum atomic E-state index is -0.819. The number of amides is 2. The van der Waals surface area contributed by atoms with Crippen molar-refractivity contribution in [3.63, 3.8) is 0 Å². The highest BCUT2D eigenvalue weighted by atomic mass is 16.7. The number of hydrazine groups is 1. The predicted molar refractivity (Wildman–Crippen MR) is 105 cm³/mol. The minimum Gasteiger partial charge on any atom is -0.352 e. The molecule has 28 heavy (non-hydrogen) atoms. The Kier molecular flexibility index (Phi) is 10.9. The molecular weight excluding hydrogens is 364 g/mol. The van der Waals surface area contributed by atoms with Gasteiger partial charge in [-0.2, -0.15) is 0 Å². The van der Waals surface area contributed by atoms with Crippen LogP contribution in [0.5, 0.6) is 0 Å². The van der Waals surface area contributed by atoms with Gasteiger partial charge in [-0.3, -0.25) is 15.0 Å². The second-order valence-corrected chi connectivity index (χ2v) is 7.55. The van der Waals surface area contributed by atoms with Gasteiger partial charge in [0.1, 0.15) is 6.04 Å².